The zero-order valence-electron chi connectivity index (χ0n) is 7.90. The van der Waals surface area contributed by atoms with Crippen molar-refractivity contribution in [3.8, 4) is 0 Å². The molecule has 2 aliphatic rings. The van der Waals surface area contributed by atoms with Gasteiger partial charge in [0.1, 0.15) is 0 Å². The van der Waals surface area contributed by atoms with E-state index in [1.54, 1.807) is 0 Å². The Hall–Kier alpha value is -0.140. The van der Waals surface area contributed by atoms with Crippen LogP contribution in [0.2, 0.25) is 0 Å². The van der Waals surface area contributed by atoms with Gasteiger partial charge in [0, 0.05) is 11.8 Å². The van der Waals surface area contributed by atoms with Gasteiger partial charge in [-0.15, -0.1) is 0 Å². The SMILES string of the molecule is CC(C)(C)C1CC2C(C1)C2(F)F. The molecule has 0 bridgehead atoms. The van der Waals surface area contributed by atoms with Gasteiger partial charge in [-0.25, -0.2) is 8.78 Å². The third kappa shape index (κ3) is 0.997. The first-order valence-electron chi connectivity index (χ1n) is 4.71. The number of fused-ring (bicyclic) bond motifs is 1. The minimum absolute atomic E-state index is 0.226. The highest BCUT2D eigenvalue weighted by Crippen LogP contribution is 2.67. The van der Waals surface area contributed by atoms with Crippen LogP contribution in [-0.4, -0.2) is 5.92 Å². The molecule has 2 aliphatic carbocycles. The van der Waals surface area contributed by atoms with Gasteiger partial charge < -0.3 is 0 Å². The van der Waals surface area contributed by atoms with Crippen molar-refractivity contribution >= 4 is 0 Å². The highest BCUT2D eigenvalue weighted by atomic mass is 19.3. The van der Waals surface area contributed by atoms with Crippen LogP contribution in [0.5, 0.6) is 0 Å². The van der Waals surface area contributed by atoms with E-state index in [0.29, 0.717) is 5.92 Å². The predicted octanol–water partition coefficient (Wildman–Crippen LogP) is 3.32. The van der Waals surface area contributed by atoms with Gasteiger partial charge in [-0.1, -0.05) is 20.8 Å². The first-order chi connectivity index (χ1) is 5.33. The Morgan fingerprint density at radius 1 is 1.08 bits per heavy atom. The van der Waals surface area contributed by atoms with Crippen LogP contribution in [0, 0.1) is 23.2 Å². The van der Waals surface area contributed by atoms with Crippen molar-refractivity contribution in [3.63, 3.8) is 0 Å². The monoisotopic (exact) mass is 174 g/mol. The Kier molecular flexibility index (Phi) is 1.42. The summed E-state index contributed by atoms with van der Waals surface area (Å²) in [4.78, 5) is 0. The van der Waals surface area contributed by atoms with Crippen LogP contribution < -0.4 is 0 Å². The van der Waals surface area contributed by atoms with Crippen LogP contribution in [0.3, 0.4) is 0 Å². The molecule has 2 fully saturated rings. The van der Waals surface area contributed by atoms with Crippen LogP contribution >= 0.6 is 0 Å². The summed E-state index contributed by atoms with van der Waals surface area (Å²) in [5, 5.41) is 0. The van der Waals surface area contributed by atoms with Gasteiger partial charge >= 0.3 is 0 Å². The van der Waals surface area contributed by atoms with Crippen LogP contribution in [-0.2, 0) is 0 Å². The lowest BCUT2D eigenvalue weighted by molar-refractivity contribution is 0.0494. The van der Waals surface area contributed by atoms with Crippen molar-refractivity contribution in [1.29, 1.82) is 0 Å². The van der Waals surface area contributed by atoms with Gasteiger partial charge in [0.05, 0.1) is 0 Å². The van der Waals surface area contributed by atoms with E-state index in [1.807, 2.05) is 0 Å². The smallest absolute Gasteiger partial charge is 0.206 e. The van der Waals surface area contributed by atoms with Crippen molar-refractivity contribution in [2.75, 3.05) is 0 Å². The number of rotatable bonds is 0. The fraction of sp³-hybridized carbons (Fsp3) is 1.00. The Balaban J connectivity index is 1.99. The molecule has 2 heteroatoms. The first-order valence-corrected chi connectivity index (χ1v) is 4.71. The van der Waals surface area contributed by atoms with E-state index in [1.165, 1.54) is 0 Å². The fourth-order valence-corrected chi connectivity index (χ4v) is 2.52. The predicted molar refractivity (Wildman–Crippen MR) is 44.1 cm³/mol. The summed E-state index contributed by atoms with van der Waals surface area (Å²) in [7, 11) is 0. The highest BCUT2D eigenvalue weighted by Gasteiger charge is 2.72. The van der Waals surface area contributed by atoms with Crippen molar-refractivity contribution in [1.82, 2.24) is 0 Å². The topological polar surface area (TPSA) is 0 Å². The van der Waals surface area contributed by atoms with Crippen molar-refractivity contribution < 1.29 is 8.78 Å². The third-order valence-corrected chi connectivity index (χ3v) is 3.67. The second kappa shape index (κ2) is 2.02. The number of halogens is 2. The lowest BCUT2D eigenvalue weighted by Crippen LogP contribution is -2.21. The molecule has 2 unspecified atom stereocenters. The molecular weight excluding hydrogens is 158 g/mol. The standard InChI is InChI=1S/C10H16F2/c1-9(2,3)6-4-7-8(5-6)10(7,11)12/h6-8H,4-5H2,1-3H3. The summed E-state index contributed by atoms with van der Waals surface area (Å²) in [5.74, 6) is -2.29. The first kappa shape index (κ1) is 8.46. The summed E-state index contributed by atoms with van der Waals surface area (Å²) in [6.07, 6.45) is 1.50. The average Bonchev–Trinajstić information content (AvgIpc) is 2.31. The minimum Gasteiger partial charge on any atom is -0.206 e. The van der Waals surface area contributed by atoms with E-state index >= 15 is 0 Å². The molecule has 0 radical (unpaired) electrons. The molecule has 0 saturated heterocycles. The molecule has 0 nitrogen and oxygen atoms in total. The molecule has 2 rings (SSSR count). The molecular formula is C10H16F2. The van der Waals surface area contributed by atoms with Crippen molar-refractivity contribution in [2.45, 2.75) is 39.5 Å². The van der Waals surface area contributed by atoms with E-state index in [-0.39, 0.29) is 17.3 Å². The van der Waals surface area contributed by atoms with Gasteiger partial charge in [-0.05, 0) is 24.2 Å². The van der Waals surface area contributed by atoms with Crippen LogP contribution in [0.15, 0.2) is 0 Å². The van der Waals surface area contributed by atoms with E-state index in [0.717, 1.165) is 12.8 Å². The Labute approximate surface area is 72.3 Å². The number of alkyl halides is 2. The molecule has 12 heavy (non-hydrogen) atoms. The number of hydrogen-bond donors (Lipinski definition) is 0. The summed E-state index contributed by atoms with van der Waals surface area (Å²) in [6.45, 7) is 6.46. The molecule has 0 aromatic heterocycles. The molecule has 0 aromatic carbocycles. The van der Waals surface area contributed by atoms with Gasteiger partial charge in [0.15, 0.2) is 0 Å². The van der Waals surface area contributed by atoms with E-state index in [9.17, 15) is 8.78 Å². The molecule has 0 amide bonds. The molecule has 0 aliphatic heterocycles. The normalized spacial score (nSPS) is 44.2. The maximum absolute atomic E-state index is 12.8. The van der Waals surface area contributed by atoms with E-state index < -0.39 is 5.92 Å². The summed E-state index contributed by atoms with van der Waals surface area (Å²) < 4.78 is 25.6. The van der Waals surface area contributed by atoms with Crippen LogP contribution in [0.4, 0.5) is 8.78 Å². The zero-order chi connectivity index (χ0) is 9.15. The molecule has 0 N–H and O–H groups in total. The zero-order valence-corrected chi connectivity index (χ0v) is 7.90. The van der Waals surface area contributed by atoms with Crippen molar-refractivity contribution in [3.05, 3.63) is 0 Å². The van der Waals surface area contributed by atoms with Gasteiger partial charge in [-0.2, -0.15) is 0 Å². The second-order valence-electron chi connectivity index (χ2n) is 5.42. The molecule has 2 saturated carbocycles. The highest BCUT2D eigenvalue weighted by molar-refractivity contribution is 5.12. The van der Waals surface area contributed by atoms with Gasteiger partial charge in [0.25, 0.3) is 5.92 Å². The van der Waals surface area contributed by atoms with E-state index in [2.05, 4.69) is 20.8 Å². The maximum atomic E-state index is 12.8. The molecule has 70 valence electrons. The summed E-state index contributed by atoms with van der Waals surface area (Å²) >= 11 is 0. The summed E-state index contributed by atoms with van der Waals surface area (Å²) in [6, 6.07) is 0. The molecule has 2 atom stereocenters. The molecule has 0 heterocycles. The molecule has 0 spiro atoms. The third-order valence-electron chi connectivity index (χ3n) is 3.67. The minimum atomic E-state index is -2.29. The Morgan fingerprint density at radius 3 is 1.83 bits per heavy atom. The largest absolute Gasteiger partial charge is 0.254 e. The lowest BCUT2D eigenvalue weighted by atomic mass is 9.78. The van der Waals surface area contributed by atoms with Gasteiger partial charge in [-0.3, -0.25) is 0 Å². The second-order valence-corrected chi connectivity index (χ2v) is 5.42. The van der Waals surface area contributed by atoms with Crippen LogP contribution in [0.25, 0.3) is 0 Å². The van der Waals surface area contributed by atoms with Crippen LogP contribution in [0.1, 0.15) is 33.6 Å². The Bertz CT molecular complexity index is 188. The lowest BCUT2D eigenvalue weighted by Gasteiger charge is -2.28. The molecule has 0 aromatic rings. The quantitative estimate of drug-likeness (QED) is 0.528. The fourth-order valence-electron chi connectivity index (χ4n) is 2.52. The average molecular weight is 174 g/mol. The number of hydrogen-bond acceptors (Lipinski definition) is 0. The van der Waals surface area contributed by atoms with Crippen molar-refractivity contribution in [2.24, 2.45) is 23.2 Å². The summed E-state index contributed by atoms with van der Waals surface area (Å²) in [5.41, 5.74) is 0.226. The Morgan fingerprint density at radius 2 is 1.50 bits per heavy atom. The van der Waals surface area contributed by atoms with Gasteiger partial charge in [0.2, 0.25) is 0 Å². The maximum Gasteiger partial charge on any atom is 0.254 e. The van der Waals surface area contributed by atoms with E-state index in [4.69, 9.17) is 0 Å².